The van der Waals surface area contributed by atoms with Gasteiger partial charge >= 0.3 is 11.7 Å². The zero-order valence-electron chi connectivity index (χ0n) is 10.7. The average molecular weight is 285 g/mol. The third kappa shape index (κ3) is 4.09. The molecule has 1 aromatic heterocycles. The second-order valence-corrected chi connectivity index (χ2v) is 4.88. The van der Waals surface area contributed by atoms with Crippen LogP contribution in [0.5, 0.6) is 0 Å². The lowest BCUT2D eigenvalue weighted by Crippen LogP contribution is -2.21. The van der Waals surface area contributed by atoms with Crippen LogP contribution in [-0.4, -0.2) is 46.6 Å². The topological polar surface area (TPSA) is 96.6 Å². The van der Waals surface area contributed by atoms with E-state index in [0.717, 1.165) is 24.4 Å². The van der Waals surface area contributed by atoms with Crippen LogP contribution in [-0.2, 0) is 0 Å². The number of aromatic nitrogens is 1. The molecule has 19 heavy (non-hydrogen) atoms. The summed E-state index contributed by atoms with van der Waals surface area (Å²) in [5.41, 5.74) is -0.473. The van der Waals surface area contributed by atoms with Crippen molar-refractivity contribution in [2.75, 3.05) is 30.5 Å². The molecule has 0 aromatic carbocycles. The van der Waals surface area contributed by atoms with E-state index in [9.17, 15) is 14.9 Å². The van der Waals surface area contributed by atoms with Gasteiger partial charge in [-0.3, -0.25) is 10.1 Å². The summed E-state index contributed by atoms with van der Waals surface area (Å²) in [7, 11) is 1.70. The lowest BCUT2D eigenvalue weighted by Gasteiger charge is -2.17. The van der Waals surface area contributed by atoms with Crippen LogP contribution in [0.25, 0.3) is 0 Å². The summed E-state index contributed by atoms with van der Waals surface area (Å²) in [6, 6.07) is 1.04. The Labute approximate surface area is 114 Å². The van der Waals surface area contributed by atoms with Crippen LogP contribution >= 0.6 is 11.8 Å². The van der Waals surface area contributed by atoms with Gasteiger partial charge in [0.1, 0.15) is 0 Å². The number of nitro groups is 1. The number of rotatable bonds is 7. The second-order valence-electron chi connectivity index (χ2n) is 3.90. The summed E-state index contributed by atoms with van der Waals surface area (Å²) in [6.07, 6.45) is 4.00. The summed E-state index contributed by atoms with van der Waals surface area (Å²) >= 11 is 1.70. The number of carboxylic acid groups (broad SMARTS) is 1. The summed E-state index contributed by atoms with van der Waals surface area (Å²) in [6.45, 7) is 0.626. The zero-order chi connectivity index (χ0) is 14.4. The molecule has 1 aromatic rings. The van der Waals surface area contributed by atoms with E-state index in [4.69, 9.17) is 5.11 Å². The van der Waals surface area contributed by atoms with Gasteiger partial charge in [0.05, 0.1) is 10.5 Å². The monoisotopic (exact) mass is 285 g/mol. The van der Waals surface area contributed by atoms with E-state index < -0.39 is 10.9 Å². The van der Waals surface area contributed by atoms with Crippen molar-refractivity contribution in [1.82, 2.24) is 4.98 Å². The van der Waals surface area contributed by atoms with Crippen molar-refractivity contribution in [1.29, 1.82) is 0 Å². The Balaban J connectivity index is 2.99. The van der Waals surface area contributed by atoms with Gasteiger partial charge in [-0.2, -0.15) is 11.8 Å². The summed E-state index contributed by atoms with van der Waals surface area (Å²) in [5, 5.41) is 19.8. The molecule has 0 aliphatic rings. The Kier molecular flexibility index (Phi) is 5.56. The number of thioether (sulfide) groups is 1. The van der Waals surface area contributed by atoms with Gasteiger partial charge < -0.3 is 10.0 Å². The molecule has 0 aliphatic carbocycles. The predicted octanol–water partition coefficient (Wildman–Crippen LogP) is 1.88. The molecule has 0 spiro atoms. The highest BCUT2D eigenvalue weighted by molar-refractivity contribution is 7.98. The maximum Gasteiger partial charge on any atom is 0.337 e. The molecule has 0 saturated carbocycles. The highest BCUT2D eigenvalue weighted by Gasteiger charge is 2.21. The highest BCUT2D eigenvalue weighted by Crippen LogP contribution is 2.25. The molecule has 104 valence electrons. The highest BCUT2D eigenvalue weighted by atomic mass is 32.2. The zero-order valence-corrected chi connectivity index (χ0v) is 11.5. The van der Waals surface area contributed by atoms with Gasteiger partial charge in [-0.05, 0) is 18.4 Å². The van der Waals surface area contributed by atoms with Crippen LogP contribution < -0.4 is 4.90 Å². The molecule has 0 unspecified atom stereocenters. The first kappa shape index (κ1) is 15.2. The Hall–Kier alpha value is -1.83. The number of nitrogens with zero attached hydrogens (tertiary/aromatic N) is 3. The van der Waals surface area contributed by atoms with Crippen LogP contribution in [0, 0.1) is 10.1 Å². The van der Waals surface area contributed by atoms with Gasteiger partial charge in [0.2, 0.25) is 5.82 Å². The predicted molar refractivity (Wildman–Crippen MR) is 74.1 cm³/mol. The smallest absolute Gasteiger partial charge is 0.337 e. The van der Waals surface area contributed by atoms with E-state index in [2.05, 4.69) is 4.98 Å². The van der Waals surface area contributed by atoms with Gasteiger partial charge in [0.15, 0.2) is 0 Å². The van der Waals surface area contributed by atoms with Crippen LogP contribution in [0.3, 0.4) is 0 Å². The SMILES string of the molecule is CSCCCN(C)c1ncc(C(=O)O)cc1[N+](=O)[O-]. The minimum atomic E-state index is -1.23. The van der Waals surface area contributed by atoms with E-state index in [1.165, 1.54) is 0 Å². The van der Waals surface area contributed by atoms with Crippen molar-refractivity contribution >= 4 is 29.2 Å². The van der Waals surface area contributed by atoms with Crippen molar-refractivity contribution in [3.8, 4) is 0 Å². The molecule has 0 atom stereocenters. The fourth-order valence-corrected chi connectivity index (χ4v) is 1.96. The second kappa shape index (κ2) is 6.93. The summed E-state index contributed by atoms with van der Waals surface area (Å²) < 4.78 is 0. The first-order chi connectivity index (χ1) is 8.97. The minimum Gasteiger partial charge on any atom is -0.478 e. The van der Waals surface area contributed by atoms with Crippen LogP contribution in [0.2, 0.25) is 0 Å². The molecule has 1 rings (SSSR count). The van der Waals surface area contributed by atoms with E-state index in [1.54, 1.807) is 23.7 Å². The minimum absolute atomic E-state index is 0.187. The Morgan fingerprint density at radius 3 is 2.84 bits per heavy atom. The lowest BCUT2D eigenvalue weighted by molar-refractivity contribution is -0.384. The van der Waals surface area contributed by atoms with Crippen molar-refractivity contribution in [3.05, 3.63) is 27.9 Å². The molecule has 0 bridgehead atoms. The fourth-order valence-electron chi connectivity index (χ4n) is 1.54. The number of pyridine rings is 1. The van der Waals surface area contributed by atoms with Crippen molar-refractivity contribution < 1.29 is 14.8 Å². The largest absolute Gasteiger partial charge is 0.478 e. The summed E-state index contributed by atoms with van der Waals surface area (Å²) in [4.78, 5) is 26.7. The number of hydrogen-bond acceptors (Lipinski definition) is 6. The number of aromatic carboxylic acids is 1. The van der Waals surface area contributed by atoms with Crippen LogP contribution in [0.1, 0.15) is 16.8 Å². The van der Waals surface area contributed by atoms with E-state index in [1.807, 2.05) is 6.26 Å². The van der Waals surface area contributed by atoms with Crippen molar-refractivity contribution in [2.24, 2.45) is 0 Å². The third-order valence-electron chi connectivity index (χ3n) is 2.49. The molecule has 0 fully saturated rings. The van der Waals surface area contributed by atoms with Crippen LogP contribution in [0.4, 0.5) is 11.5 Å². The van der Waals surface area contributed by atoms with Gasteiger partial charge in [0, 0.05) is 25.9 Å². The van der Waals surface area contributed by atoms with E-state index in [-0.39, 0.29) is 17.1 Å². The third-order valence-corrected chi connectivity index (χ3v) is 3.19. The Morgan fingerprint density at radius 2 is 2.32 bits per heavy atom. The molecule has 1 N–H and O–H groups in total. The van der Waals surface area contributed by atoms with Gasteiger partial charge in [-0.1, -0.05) is 0 Å². The Morgan fingerprint density at radius 1 is 1.63 bits per heavy atom. The summed E-state index contributed by atoms with van der Waals surface area (Å²) in [5.74, 6) is -0.0889. The maximum atomic E-state index is 11.0. The molecule has 8 heteroatoms. The van der Waals surface area contributed by atoms with E-state index in [0.29, 0.717) is 6.54 Å². The van der Waals surface area contributed by atoms with Gasteiger partial charge in [0.25, 0.3) is 0 Å². The van der Waals surface area contributed by atoms with Crippen LogP contribution in [0.15, 0.2) is 12.3 Å². The molecular formula is C11H15N3O4S. The first-order valence-corrected chi connectivity index (χ1v) is 6.94. The Bertz CT molecular complexity index is 481. The molecule has 7 nitrogen and oxygen atoms in total. The number of carbonyl (C=O) groups is 1. The van der Waals surface area contributed by atoms with Gasteiger partial charge in [-0.25, -0.2) is 9.78 Å². The lowest BCUT2D eigenvalue weighted by atomic mass is 10.2. The number of carboxylic acids is 1. The maximum absolute atomic E-state index is 11.0. The molecule has 0 amide bonds. The standard InChI is InChI=1S/C11H15N3O4S/c1-13(4-3-5-19-2)10-9(14(17)18)6-8(7-12-10)11(15)16/h6-7H,3-5H2,1-2H3,(H,15,16). The molecule has 0 radical (unpaired) electrons. The molecule has 1 heterocycles. The number of anilines is 1. The molecule has 0 aliphatic heterocycles. The first-order valence-electron chi connectivity index (χ1n) is 5.55. The molecular weight excluding hydrogens is 270 g/mol. The van der Waals surface area contributed by atoms with Crippen molar-refractivity contribution in [3.63, 3.8) is 0 Å². The number of hydrogen-bond donors (Lipinski definition) is 1. The van der Waals surface area contributed by atoms with Crippen molar-refractivity contribution in [2.45, 2.75) is 6.42 Å². The quantitative estimate of drug-likeness (QED) is 0.464. The fraction of sp³-hybridized carbons (Fsp3) is 0.455. The van der Waals surface area contributed by atoms with Gasteiger partial charge in [-0.15, -0.1) is 0 Å². The van der Waals surface area contributed by atoms with E-state index >= 15 is 0 Å². The average Bonchev–Trinajstić information content (AvgIpc) is 2.38. The molecule has 0 saturated heterocycles. The normalized spacial score (nSPS) is 10.2.